The Balaban J connectivity index is 0.000000817. The summed E-state index contributed by atoms with van der Waals surface area (Å²) in [6.07, 6.45) is 0. The van der Waals surface area contributed by atoms with Gasteiger partial charge in [-0.1, -0.05) is 75.3 Å². The standard InChI is InChI=1S/C21H20NOP.2ClH.Ti/c1-15-9-8-12-17(20(22-2)16-10-4-3-5-11-16)21(15)24-19-14-7-6-13-18(19)23;;;/h3-14,23-24H,1-2H3;2*1H;/q;;;+2/p-2. The molecule has 3 aromatic rings. The Bertz CT molecular complexity index is 904. The van der Waals surface area contributed by atoms with Crippen LogP contribution in [0.5, 0.6) is 5.75 Å². The van der Waals surface area contributed by atoms with Crippen molar-refractivity contribution in [3.8, 4) is 5.75 Å². The van der Waals surface area contributed by atoms with Gasteiger partial charge in [0, 0.05) is 23.5 Å². The number of hydrogen-bond donors (Lipinski definition) is 1. The maximum atomic E-state index is 10.1. The number of phenolic OH excluding ortho intramolecular Hbond substituents is 1. The van der Waals surface area contributed by atoms with Crippen molar-refractivity contribution in [3.63, 3.8) is 0 Å². The molecule has 27 heavy (non-hydrogen) atoms. The molecule has 0 fully saturated rings. The van der Waals surface area contributed by atoms with Crippen LogP contribution >= 0.6 is 27.2 Å². The van der Waals surface area contributed by atoms with Crippen LogP contribution in [0.2, 0.25) is 0 Å². The van der Waals surface area contributed by atoms with Crippen LogP contribution in [-0.4, -0.2) is 17.9 Å². The van der Waals surface area contributed by atoms with Crippen molar-refractivity contribution >= 4 is 43.5 Å². The molecule has 0 heterocycles. The summed E-state index contributed by atoms with van der Waals surface area (Å²) in [4.78, 5) is 4.55. The Hall–Kier alpha value is -1.15. The third-order valence-corrected chi connectivity index (χ3v) is 5.57. The fourth-order valence-corrected chi connectivity index (χ4v) is 4.02. The van der Waals surface area contributed by atoms with Gasteiger partial charge in [0.15, 0.2) is 0 Å². The van der Waals surface area contributed by atoms with Crippen molar-refractivity contribution in [2.75, 3.05) is 7.05 Å². The monoisotopic (exact) mass is 451 g/mol. The van der Waals surface area contributed by atoms with E-state index in [1.807, 2.05) is 43.4 Å². The zero-order valence-electron chi connectivity index (χ0n) is 15.1. The van der Waals surface area contributed by atoms with Crippen molar-refractivity contribution in [3.05, 3.63) is 89.5 Å². The fraction of sp³-hybridized carbons (Fsp3) is 0.0952. The average Bonchev–Trinajstić information content (AvgIpc) is 2.68. The molecule has 2 nitrogen and oxygen atoms in total. The Morgan fingerprint density at radius 1 is 0.926 bits per heavy atom. The van der Waals surface area contributed by atoms with E-state index in [-0.39, 0.29) is 0 Å². The van der Waals surface area contributed by atoms with E-state index in [9.17, 15) is 5.11 Å². The summed E-state index contributed by atoms with van der Waals surface area (Å²) in [5.74, 6) is 0.347. The molecule has 3 aromatic carbocycles. The summed E-state index contributed by atoms with van der Waals surface area (Å²) in [6, 6.07) is 24.1. The van der Waals surface area contributed by atoms with E-state index in [1.54, 1.807) is 6.07 Å². The maximum absolute atomic E-state index is 10.1. The zero-order valence-corrected chi connectivity index (χ0v) is 19.2. The van der Waals surface area contributed by atoms with Gasteiger partial charge in [0.2, 0.25) is 0 Å². The van der Waals surface area contributed by atoms with Crippen LogP contribution in [-0.2, 0) is 17.0 Å². The van der Waals surface area contributed by atoms with E-state index in [4.69, 9.17) is 18.6 Å². The molecule has 138 valence electrons. The summed E-state index contributed by atoms with van der Waals surface area (Å²) < 4.78 is 0. The molecule has 0 aliphatic carbocycles. The number of hydrogen-bond acceptors (Lipinski definition) is 2. The van der Waals surface area contributed by atoms with Crippen molar-refractivity contribution in [2.45, 2.75) is 6.92 Å². The SMILES string of the molecule is CN=C(c1ccccc1)c1cccc(C)c1Pc1ccccc1O.[Cl][Ti][Cl]. The van der Waals surface area contributed by atoms with Crippen LogP contribution in [0.3, 0.4) is 0 Å². The minimum atomic E-state index is -0.556. The molecule has 1 unspecified atom stereocenters. The van der Waals surface area contributed by atoms with E-state index < -0.39 is 17.0 Å². The number of nitrogens with zero attached hydrogens (tertiary/aromatic N) is 1. The van der Waals surface area contributed by atoms with Gasteiger partial charge in [-0.15, -0.1) is 0 Å². The van der Waals surface area contributed by atoms with Crippen molar-refractivity contribution in [1.29, 1.82) is 0 Å². The molecule has 0 bridgehead atoms. The first-order valence-electron chi connectivity index (χ1n) is 8.25. The van der Waals surface area contributed by atoms with Crippen LogP contribution in [0.1, 0.15) is 16.7 Å². The molecule has 6 heteroatoms. The van der Waals surface area contributed by atoms with E-state index in [0.717, 1.165) is 22.1 Å². The van der Waals surface area contributed by atoms with Gasteiger partial charge >= 0.3 is 35.6 Å². The van der Waals surface area contributed by atoms with Gasteiger partial charge < -0.3 is 5.11 Å². The predicted molar refractivity (Wildman–Crippen MR) is 117 cm³/mol. The molecule has 0 saturated carbocycles. The molecular weight excluding hydrogens is 432 g/mol. The number of benzene rings is 3. The normalized spacial score (nSPS) is 11.2. The molecule has 0 radical (unpaired) electrons. The Labute approximate surface area is 179 Å². The summed E-state index contributed by atoms with van der Waals surface area (Å²) >= 11 is -0.556. The number of halogens is 2. The predicted octanol–water partition coefficient (Wildman–Crippen LogP) is 5.17. The summed E-state index contributed by atoms with van der Waals surface area (Å²) in [7, 11) is 12.0. The van der Waals surface area contributed by atoms with E-state index in [1.165, 1.54) is 10.9 Å². The van der Waals surface area contributed by atoms with Gasteiger partial charge in [-0.2, -0.15) is 0 Å². The molecule has 0 aromatic heterocycles. The molecule has 0 aliphatic heterocycles. The van der Waals surface area contributed by atoms with E-state index >= 15 is 0 Å². The molecule has 0 amide bonds. The first kappa shape index (κ1) is 22.1. The molecule has 0 aliphatic rings. The molecule has 1 atom stereocenters. The second-order valence-corrected chi connectivity index (χ2v) is 9.52. The van der Waals surface area contributed by atoms with Gasteiger partial charge in [0.05, 0.1) is 5.71 Å². The van der Waals surface area contributed by atoms with Crippen LogP contribution < -0.4 is 10.6 Å². The number of aromatic hydroxyl groups is 1. The van der Waals surface area contributed by atoms with Crippen LogP contribution in [0, 0.1) is 6.92 Å². The minimum absolute atomic E-state index is 0.347. The first-order valence-corrected chi connectivity index (χ1v) is 13.6. The Morgan fingerprint density at radius 2 is 1.56 bits per heavy atom. The first-order chi connectivity index (χ1) is 13.1. The van der Waals surface area contributed by atoms with Crippen LogP contribution in [0.15, 0.2) is 77.8 Å². The Kier molecular flexibility index (Phi) is 9.55. The number of rotatable bonds is 4. The van der Waals surface area contributed by atoms with Crippen molar-refractivity contribution in [2.24, 2.45) is 4.99 Å². The third kappa shape index (κ3) is 6.17. The Morgan fingerprint density at radius 3 is 2.19 bits per heavy atom. The third-order valence-electron chi connectivity index (χ3n) is 3.96. The fourth-order valence-electron chi connectivity index (χ4n) is 2.75. The molecule has 1 N–H and O–H groups in total. The summed E-state index contributed by atoms with van der Waals surface area (Å²) in [5, 5.41) is 12.3. The van der Waals surface area contributed by atoms with Crippen molar-refractivity contribution < 1.29 is 22.1 Å². The summed E-state index contributed by atoms with van der Waals surface area (Å²) in [6.45, 7) is 2.12. The quantitative estimate of drug-likeness (QED) is 0.331. The van der Waals surface area contributed by atoms with E-state index in [2.05, 4.69) is 42.2 Å². The van der Waals surface area contributed by atoms with Gasteiger partial charge in [0.1, 0.15) is 5.75 Å². The number of phenols is 1. The number of para-hydroxylation sites is 1. The number of aliphatic imine (C=N–C) groups is 1. The van der Waals surface area contributed by atoms with E-state index in [0.29, 0.717) is 14.3 Å². The van der Waals surface area contributed by atoms with Crippen LogP contribution in [0.4, 0.5) is 0 Å². The van der Waals surface area contributed by atoms with Gasteiger partial charge in [-0.25, -0.2) is 0 Å². The molecule has 3 rings (SSSR count). The molecule has 0 spiro atoms. The van der Waals surface area contributed by atoms with Crippen LogP contribution in [0.25, 0.3) is 0 Å². The number of aryl methyl sites for hydroxylation is 1. The summed E-state index contributed by atoms with van der Waals surface area (Å²) in [5.41, 5.74) is 4.43. The average molecular weight is 452 g/mol. The second-order valence-electron chi connectivity index (χ2n) is 5.65. The van der Waals surface area contributed by atoms with Gasteiger partial charge in [-0.05, 0) is 23.9 Å². The zero-order chi connectivity index (χ0) is 19.6. The van der Waals surface area contributed by atoms with Crippen molar-refractivity contribution in [1.82, 2.24) is 0 Å². The topological polar surface area (TPSA) is 32.6 Å². The second kappa shape index (κ2) is 11.6. The molecule has 0 saturated heterocycles. The van der Waals surface area contributed by atoms with Gasteiger partial charge in [0.25, 0.3) is 0 Å². The molecular formula is C21H20Cl2NOPTi. The van der Waals surface area contributed by atoms with Gasteiger partial charge in [-0.3, -0.25) is 4.99 Å².